The third-order valence-electron chi connectivity index (χ3n) is 3.52. The van der Waals surface area contributed by atoms with Gasteiger partial charge in [-0.3, -0.25) is 4.79 Å². The third-order valence-corrected chi connectivity index (χ3v) is 3.77. The number of aromatic nitrogens is 2. The largest absolute Gasteiger partial charge is 0.368 e. The number of hydrogen-bond acceptors (Lipinski definition) is 4. The Balaban J connectivity index is 1.82. The van der Waals surface area contributed by atoms with Crippen LogP contribution in [0.3, 0.4) is 0 Å². The van der Waals surface area contributed by atoms with Crippen molar-refractivity contribution in [2.24, 2.45) is 0 Å². The van der Waals surface area contributed by atoms with Crippen LogP contribution in [-0.2, 0) is 6.42 Å². The molecular formula is C17H21ClN4O. The Hall–Kier alpha value is -2.14. The van der Waals surface area contributed by atoms with Gasteiger partial charge in [0.05, 0.1) is 0 Å². The van der Waals surface area contributed by atoms with Crippen molar-refractivity contribution in [2.45, 2.75) is 32.7 Å². The molecule has 23 heavy (non-hydrogen) atoms. The summed E-state index contributed by atoms with van der Waals surface area (Å²) < 4.78 is 0. The summed E-state index contributed by atoms with van der Waals surface area (Å²) >= 11 is 5.86. The molecule has 122 valence electrons. The number of nitrogens with one attached hydrogen (secondary N) is 2. The number of rotatable bonds is 7. The quantitative estimate of drug-likeness (QED) is 0.816. The highest BCUT2D eigenvalue weighted by Crippen LogP contribution is 2.10. The fraction of sp³-hybridized carbons (Fsp3) is 0.353. The van der Waals surface area contributed by atoms with Crippen molar-refractivity contribution in [3.8, 4) is 0 Å². The molecule has 0 bridgehead atoms. The standard InChI is InChI=1S/C17H21ClN4O/c1-3-12(2)20-17(23)15-8-9-16(22-21-15)19-11-10-13-4-6-14(18)7-5-13/h4-9,12H,3,10-11H2,1-2H3,(H,19,22)(H,20,23). The predicted octanol–water partition coefficient (Wildman–Crippen LogP) is 3.31. The molecule has 6 heteroatoms. The Morgan fingerprint density at radius 1 is 1.17 bits per heavy atom. The minimum absolute atomic E-state index is 0.126. The van der Waals surface area contributed by atoms with E-state index >= 15 is 0 Å². The maximum atomic E-state index is 11.9. The molecule has 1 aromatic heterocycles. The summed E-state index contributed by atoms with van der Waals surface area (Å²) in [7, 11) is 0. The number of hydrogen-bond donors (Lipinski definition) is 2. The van der Waals surface area contributed by atoms with E-state index in [0.29, 0.717) is 11.5 Å². The van der Waals surface area contributed by atoms with Gasteiger partial charge in [0.25, 0.3) is 5.91 Å². The van der Waals surface area contributed by atoms with Crippen LogP contribution >= 0.6 is 11.6 Å². The van der Waals surface area contributed by atoms with Crippen LogP contribution in [-0.4, -0.2) is 28.7 Å². The molecule has 1 atom stereocenters. The van der Waals surface area contributed by atoms with E-state index in [2.05, 4.69) is 20.8 Å². The lowest BCUT2D eigenvalue weighted by Gasteiger charge is -2.10. The molecule has 2 aromatic rings. The van der Waals surface area contributed by atoms with Gasteiger partial charge in [-0.15, -0.1) is 10.2 Å². The normalized spacial score (nSPS) is 11.8. The van der Waals surface area contributed by atoms with Gasteiger partial charge in [0.2, 0.25) is 0 Å². The summed E-state index contributed by atoms with van der Waals surface area (Å²) in [4.78, 5) is 11.9. The van der Waals surface area contributed by atoms with Crippen molar-refractivity contribution < 1.29 is 4.79 Å². The lowest BCUT2D eigenvalue weighted by atomic mass is 10.1. The first-order chi connectivity index (χ1) is 11.1. The molecule has 5 nitrogen and oxygen atoms in total. The van der Waals surface area contributed by atoms with E-state index < -0.39 is 0 Å². The Labute approximate surface area is 141 Å². The van der Waals surface area contributed by atoms with Crippen molar-refractivity contribution in [1.29, 1.82) is 0 Å². The first-order valence-electron chi connectivity index (χ1n) is 7.71. The zero-order chi connectivity index (χ0) is 16.7. The molecule has 0 saturated heterocycles. The van der Waals surface area contributed by atoms with E-state index in [0.717, 1.165) is 24.4 Å². The molecule has 0 aliphatic rings. The summed E-state index contributed by atoms with van der Waals surface area (Å²) in [5.74, 6) is 0.457. The molecular weight excluding hydrogens is 312 g/mol. The number of carbonyl (C=O) groups is 1. The SMILES string of the molecule is CCC(C)NC(=O)c1ccc(NCCc2ccc(Cl)cc2)nn1. The Morgan fingerprint density at radius 2 is 1.91 bits per heavy atom. The maximum absolute atomic E-state index is 11.9. The average Bonchev–Trinajstić information content (AvgIpc) is 2.57. The summed E-state index contributed by atoms with van der Waals surface area (Å²) in [6.07, 6.45) is 1.73. The molecule has 1 amide bonds. The molecule has 1 unspecified atom stereocenters. The van der Waals surface area contributed by atoms with Crippen LogP contribution in [0.25, 0.3) is 0 Å². The Bertz CT molecular complexity index is 628. The number of benzene rings is 1. The molecule has 0 aliphatic carbocycles. The highest BCUT2D eigenvalue weighted by atomic mass is 35.5. The minimum atomic E-state index is -0.195. The zero-order valence-electron chi connectivity index (χ0n) is 13.3. The molecule has 2 N–H and O–H groups in total. The molecule has 1 heterocycles. The monoisotopic (exact) mass is 332 g/mol. The first-order valence-corrected chi connectivity index (χ1v) is 8.09. The number of nitrogens with zero attached hydrogens (tertiary/aromatic N) is 2. The summed E-state index contributed by atoms with van der Waals surface area (Å²) in [6.45, 7) is 4.71. The van der Waals surface area contributed by atoms with Crippen LogP contribution in [0.5, 0.6) is 0 Å². The summed E-state index contributed by atoms with van der Waals surface area (Å²) in [5.41, 5.74) is 1.52. The zero-order valence-corrected chi connectivity index (χ0v) is 14.1. The minimum Gasteiger partial charge on any atom is -0.368 e. The van der Waals surface area contributed by atoms with Crippen molar-refractivity contribution in [3.63, 3.8) is 0 Å². The van der Waals surface area contributed by atoms with E-state index in [1.54, 1.807) is 12.1 Å². The van der Waals surface area contributed by atoms with Crippen LogP contribution in [0.2, 0.25) is 5.02 Å². The predicted molar refractivity (Wildman–Crippen MR) is 92.9 cm³/mol. The van der Waals surface area contributed by atoms with Crippen molar-refractivity contribution in [1.82, 2.24) is 15.5 Å². The van der Waals surface area contributed by atoms with Gasteiger partial charge in [-0.1, -0.05) is 30.7 Å². The maximum Gasteiger partial charge on any atom is 0.272 e. The van der Waals surface area contributed by atoms with Gasteiger partial charge in [0.1, 0.15) is 5.82 Å². The van der Waals surface area contributed by atoms with Crippen LogP contribution in [0.15, 0.2) is 36.4 Å². The fourth-order valence-electron chi connectivity index (χ4n) is 1.93. The summed E-state index contributed by atoms with van der Waals surface area (Å²) in [5, 5.41) is 14.8. The van der Waals surface area contributed by atoms with Crippen LogP contribution < -0.4 is 10.6 Å². The molecule has 0 saturated carbocycles. The van der Waals surface area contributed by atoms with Gasteiger partial charge in [0, 0.05) is 17.6 Å². The second-order valence-corrected chi connectivity index (χ2v) is 5.83. The topological polar surface area (TPSA) is 66.9 Å². The lowest BCUT2D eigenvalue weighted by molar-refractivity contribution is 0.0933. The number of halogens is 1. The molecule has 2 rings (SSSR count). The second-order valence-electron chi connectivity index (χ2n) is 5.39. The number of carbonyl (C=O) groups excluding carboxylic acids is 1. The summed E-state index contributed by atoms with van der Waals surface area (Å²) in [6, 6.07) is 11.3. The number of anilines is 1. The van der Waals surface area contributed by atoms with Gasteiger partial charge >= 0.3 is 0 Å². The second kappa shape index (κ2) is 8.48. The van der Waals surface area contributed by atoms with Crippen molar-refractivity contribution in [2.75, 3.05) is 11.9 Å². The van der Waals surface area contributed by atoms with E-state index in [1.807, 2.05) is 38.1 Å². The van der Waals surface area contributed by atoms with Gasteiger partial charge in [-0.25, -0.2) is 0 Å². The van der Waals surface area contributed by atoms with Crippen LogP contribution in [0.4, 0.5) is 5.82 Å². The highest BCUT2D eigenvalue weighted by molar-refractivity contribution is 6.30. The highest BCUT2D eigenvalue weighted by Gasteiger charge is 2.10. The van der Waals surface area contributed by atoms with Gasteiger partial charge in [-0.05, 0) is 49.6 Å². The molecule has 1 aromatic carbocycles. The van der Waals surface area contributed by atoms with Gasteiger partial charge < -0.3 is 10.6 Å². The van der Waals surface area contributed by atoms with Crippen molar-refractivity contribution >= 4 is 23.3 Å². The van der Waals surface area contributed by atoms with Gasteiger partial charge in [0.15, 0.2) is 5.69 Å². The lowest BCUT2D eigenvalue weighted by Crippen LogP contribution is -2.32. The van der Waals surface area contributed by atoms with Crippen LogP contribution in [0, 0.1) is 0 Å². The Morgan fingerprint density at radius 3 is 2.52 bits per heavy atom. The van der Waals surface area contributed by atoms with E-state index in [-0.39, 0.29) is 11.9 Å². The fourth-order valence-corrected chi connectivity index (χ4v) is 2.06. The van der Waals surface area contributed by atoms with E-state index in [9.17, 15) is 4.79 Å². The van der Waals surface area contributed by atoms with Crippen molar-refractivity contribution in [3.05, 3.63) is 52.7 Å². The van der Waals surface area contributed by atoms with E-state index in [1.165, 1.54) is 5.56 Å². The molecule has 0 fully saturated rings. The first kappa shape index (κ1) is 17.2. The Kier molecular flexibility index (Phi) is 6.35. The smallest absolute Gasteiger partial charge is 0.272 e. The molecule has 0 radical (unpaired) electrons. The van der Waals surface area contributed by atoms with Crippen LogP contribution in [0.1, 0.15) is 36.3 Å². The van der Waals surface area contributed by atoms with E-state index in [4.69, 9.17) is 11.6 Å². The molecule has 0 aliphatic heterocycles. The third kappa shape index (κ3) is 5.53. The molecule has 0 spiro atoms. The number of amides is 1. The van der Waals surface area contributed by atoms with Gasteiger partial charge in [-0.2, -0.15) is 0 Å². The average molecular weight is 333 g/mol.